The second kappa shape index (κ2) is 5.06. The van der Waals surface area contributed by atoms with Gasteiger partial charge in [-0.2, -0.15) is 0 Å². The Morgan fingerprint density at radius 1 is 1.00 bits per heavy atom. The summed E-state index contributed by atoms with van der Waals surface area (Å²) in [5.41, 5.74) is 1.02. The van der Waals surface area contributed by atoms with Gasteiger partial charge in [0.15, 0.2) is 0 Å². The standard InChI is InChI=1S/C15H9Cl2NO3/c1-8-2-4-10-13(6-8)21-15(20)18(14(10)19)9-3-5-11(16)12(17)7-9/h2-7H,1H3. The molecule has 0 bridgehead atoms. The van der Waals surface area contributed by atoms with Crippen LogP contribution in [0.5, 0.6) is 0 Å². The maximum atomic E-state index is 12.5. The quantitative estimate of drug-likeness (QED) is 0.688. The molecule has 106 valence electrons. The minimum Gasteiger partial charge on any atom is -0.409 e. The molecule has 0 N–H and O–H groups in total. The Bertz CT molecular complexity index is 973. The van der Waals surface area contributed by atoms with E-state index in [9.17, 15) is 9.59 Å². The molecule has 0 fully saturated rings. The number of nitrogens with zero attached hydrogens (tertiary/aromatic N) is 1. The number of halogens is 2. The first-order valence-electron chi connectivity index (χ1n) is 6.09. The monoisotopic (exact) mass is 321 g/mol. The molecule has 0 unspecified atom stereocenters. The Hall–Kier alpha value is -2.04. The van der Waals surface area contributed by atoms with Crippen LogP contribution in [0.2, 0.25) is 10.0 Å². The molecule has 0 saturated heterocycles. The Labute approximate surface area is 129 Å². The molecule has 0 aliphatic heterocycles. The lowest BCUT2D eigenvalue weighted by atomic mass is 10.2. The van der Waals surface area contributed by atoms with Gasteiger partial charge in [0.05, 0.1) is 21.1 Å². The summed E-state index contributed by atoms with van der Waals surface area (Å²) >= 11 is 11.8. The van der Waals surface area contributed by atoms with Gasteiger partial charge in [0.2, 0.25) is 0 Å². The number of hydrogen-bond acceptors (Lipinski definition) is 3. The van der Waals surface area contributed by atoms with Crippen LogP contribution in [0.15, 0.2) is 50.4 Å². The maximum Gasteiger partial charge on any atom is 0.426 e. The molecule has 0 aliphatic rings. The van der Waals surface area contributed by atoms with E-state index in [-0.39, 0.29) is 10.6 Å². The van der Waals surface area contributed by atoms with E-state index in [0.29, 0.717) is 16.1 Å². The highest BCUT2D eigenvalue weighted by Gasteiger charge is 2.12. The van der Waals surface area contributed by atoms with Crippen molar-refractivity contribution in [3.05, 3.63) is 72.9 Å². The van der Waals surface area contributed by atoms with Gasteiger partial charge in [0.25, 0.3) is 5.56 Å². The van der Waals surface area contributed by atoms with E-state index in [1.54, 1.807) is 18.2 Å². The van der Waals surface area contributed by atoms with Crippen LogP contribution in [0.25, 0.3) is 16.7 Å². The van der Waals surface area contributed by atoms with E-state index in [2.05, 4.69) is 0 Å². The molecule has 1 aromatic heterocycles. The molecule has 0 radical (unpaired) electrons. The smallest absolute Gasteiger partial charge is 0.409 e. The van der Waals surface area contributed by atoms with Crippen molar-refractivity contribution in [3.63, 3.8) is 0 Å². The van der Waals surface area contributed by atoms with Crippen LogP contribution in [-0.4, -0.2) is 4.57 Å². The van der Waals surface area contributed by atoms with Crippen molar-refractivity contribution in [2.45, 2.75) is 6.92 Å². The summed E-state index contributed by atoms with van der Waals surface area (Å²) in [6, 6.07) is 9.56. The molecule has 1 heterocycles. The first-order chi connectivity index (χ1) is 9.97. The van der Waals surface area contributed by atoms with Crippen molar-refractivity contribution in [2.24, 2.45) is 0 Å². The largest absolute Gasteiger partial charge is 0.426 e. The highest BCUT2D eigenvalue weighted by atomic mass is 35.5. The Morgan fingerprint density at radius 2 is 1.76 bits per heavy atom. The molecule has 3 aromatic rings. The molecular formula is C15H9Cl2NO3. The molecule has 0 atom stereocenters. The molecular weight excluding hydrogens is 313 g/mol. The fourth-order valence-electron chi connectivity index (χ4n) is 2.08. The van der Waals surface area contributed by atoms with Crippen molar-refractivity contribution in [3.8, 4) is 5.69 Å². The zero-order chi connectivity index (χ0) is 15.1. The second-order valence-corrected chi connectivity index (χ2v) is 5.42. The number of benzene rings is 2. The van der Waals surface area contributed by atoms with E-state index < -0.39 is 11.3 Å². The zero-order valence-corrected chi connectivity index (χ0v) is 12.4. The third kappa shape index (κ3) is 2.37. The van der Waals surface area contributed by atoms with E-state index >= 15 is 0 Å². The summed E-state index contributed by atoms with van der Waals surface area (Å²) in [5.74, 6) is -0.767. The van der Waals surface area contributed by atoms with Gasteiger partial charge in [0, 0.05) is 0 Å². The summed E-state index contributed by atoms with van der Waals surface area (Å²) < 4.78 is 6.14. The summed E-state index contributed by atoms with van der Waals surface area (Å²) in [5, 5.41) is 0.921. The molecule has 2 aromatic carbocycles. The molecule has 0 spiro atoms. The fourth-order valence-corrected chi connectivity index (χ4v) is 2.37. The summed E-state index contributed by atoms with van der Waals surface area (Å²) in [6.45, 7) is 1.85. The normalized spacial score (nSPS) is 11.0. The van der Waals surface area contributed by atoms with Crippen molar-refractivity contribution < 1.29 is 4.42 Å². The maximum absolute atomic E-state index is 12.5. The minimum atomic E-state index is -0.767. The Balaban J connectivity index is 2.38. The minimum absolute atomic E-state index is 0.254. The zero-order valence-electron chi connectivity index (χ0n) is 10.9. The van der Waals surface area contributed by atoms with E-state index in [1.807, 2.05) is 6.92 Å². The van der Waals surface area contributed by atoms with Gasteiger partial charge in [-0.25, -0.2) is 9.36 Å². The molecule has 0 amide bonds. The highest BCUT2D eigenvalue weighted by Crippen LogP contribution is 2.23. The van der Waals surface area contributed by atoms with Crippen LogP contribution < -0.4 is 11.3 Å². The van der Waals surface area contributed by atoms with Gasteiger partial charge >= 0.3 is 5.76 Å². The third-order valence-corrected chi connectivity index (χ3v) is 3.85. The lowest BCUT2D eigenvalue weighted by Gasteiger charge is -2.06. The Morgan fingerprint density at radius 3 is 2.48 bits per heavy atom. The number of fused-ring (bicyclic) bond motifs is 1. The van der Waals surface area contributed by atoms with Crippen LogP contribution in [0.1, 0.15) is 5.56 Å². The second-order valence-electron chi connectivity index (χ2n) is 4.61. The van der Waals surface area contributed by atoms with Gasteiger partial charge in [-0.15, -0.1) is 0 Å². The average Bonchev–Trinajstić information content (AvgIpc) is 2.42. The number of hydrogen-bond donors (Lipinski definition) is 0. The molecule has 4 nitrogen and oxygen atoms in total. The molecule has 3 rings (SSSR count). The Kier molecular flexibility index (Phi) is 3.35. The van der Waals surface area contributed by atoms with Gasteiger partial charge in [0.1, 0.15) is 5.58 Å². The highest BCUT2D eigenvalue weighted by molar-refractivity contribution is 6.42. The number of aromatic nitrogens is 1. The van der Waals surface area contributed by atoms with Crippen LogP contribution in [0, 0.1) is 6.92 Å². The molecule has 0 saturated carbocycles. The SMILES string of the molecule is Cc1ccc2c(=O)n(-c3ccc(Cl)c(Cl)c3)c(=O)oc2c1. The number of rotatable bonds is 1. The van der Waals surface area contributed by atoms with E-state index in [4.69, 9.17) is 27.6 Å². The lowest BCUT2D eigenvalue weighted by Crippen LogP contribution is -2.30. The summed E-state index contributed by atoms with van der Waals surface area (Å²) in [4.78, 5) is 24.6. The first kappa shape index (κ1) is 13.9. The van der Waals surface area contributed by atoms with Crippen molar-refractivity contribution in [1.29, 1.82) is 0 Å². The number of aryl methyl sites for hydroxylation is 1. The van der Waals surface area contributed by atoms with E-state index in [0.717, 1.165) is 10.1 Å². The van der Waals surface area contributed by atoms with E-state index in [1.165, 1.54) is 18.2 Å². The molecule has 0 aliphatic carbocycles. The van der Waals surface area contributed by atoms with Crippen LogP contribution in [0.4, 0.5) is 0 Å². The van der Waals surface area contributed by atoms with Crippen LogP contribution in [-0.2, 0) is 0 Å². The predicted octanol–water partition coefficient (Wildman–Crippen LogP) is 3.56. The van der Waals surface area contributed by atoms with Crippen molar-refractivity contribution >= 4 is 34.2 Å². The summed E-state index contributed by atoms with van der Waals surface area (Å²) in [7, 11) is 0. The van der Waals surface area contributed by atoms with Crippen LogP contribution in [0.3, 0.4) is 0 Å². The third-order valence-electron chi connectivity index (χ3n) is 3.11. The topological polar surface area (TPSA) is 52.2 Å². The van der Waals surface area contributed by atoms with Gasteiger partial charge in [-0.3, -0.25) is 4.79 Å². The van der Waals surface area contributed by atoms with Crippen molar-refractivity contribution in [2.75, 3.05) is 0 Å². The average molecular weight is 322 g/mol. The fraction of sp³-hybridized carbons (Fsp3) is 0.0667. The predicted molar refractivity (Wildman–Crippen MR) is 82.8 cm³/mol. The van der Waals surface area contributed by atoms with Crippen LogP contribution >= 0.6 is 23.2 Å². The van der Waals surface area contributed by atoms with Gasteiger partial charge < -0.3 is 4.42 Å². The summed E-state index contributed by atoms with van der Waals surface area (Å²) in [6.07, 6.45) is 0. The molecule has 6 heteroatoms. The van der Waals surface area contributed by atoms with Gasteiger partial charge in [-0.1, -0.05) is 29.3 Å². The first-order valence-corrected chi connectivity index (χ1v) is 6.85. The van der Waals surface area contributed by atoms with Crippen molar-refractivity contribution in [1.82, 2.24) is 4.57 Å². The van der Waals surface area contributed by atoms with Gasteiger partial charge in [-0.05, 0) is 42.8 Å². The lowest BCUT2D eigenvalue weighted by molar-refractivity contribution is 0.503. The molecule has 21 heavy (non-hydrogen) atoms.